The Balaban J connectivity index is 1.70. The summed E-state index contributed by atoms with van der Waals surface area (Å²) in [5.41, 5.74) is 3.29. The number of benzene rings is 2. The first-order chi connectivity index (χ1) is 15.0. The Bertz CT molecular complexity index is 1040. The van der Waals surface area contributed by atoms with Crippen LogP contribution in [0.2, 0.25) is 0 Å². The zero-order chi connectivity index (χ0) is 22.1. The van der Waals surface area contributed by atoms with Crippen LogP contribution in [0.15, 0.2) is 48.5 Å². The summed E-state index contributed by atoms with van der Waals surface area (Å²) in [6.07, 6.45) is 2.76. The van der Waals surface area contributed by atoms with Gasteiger partial charge in [0.25, 0.3) is 5.91 Å². The second-order valence-corrected chi connectivity index (χ2v) is 8.59. The summed E-state index contributed by atoms with van der Waals surface area (Å²) in [5.74, 6) is -0.384. The minimum atomic E-state index is -0.599. The van der Waals surface area contributed by atoms with E-state index in [2.05, 4.69) is 6.07 Å². The van der Waals surface area contributed by atoms with Gasteiger partial charge in [0.15, 0.2) is 0 Å². The molecule has 0 radical (unpaired) electrons. The fraction of sp³-hybridized carbons (Fsp3) is 0.400. The number of likely N-dealkylation sites (tertiary alicyclic amines) is 1. The molecule has 1 aliphatic carbocycles. The van der Waals surface area contributed by atoms with Crippen molar-refractivity contribution in [2.75, 3.05) is 20.7 Å². The maximum atomic E-state index is 12.9. The molecule has 1 aliphatic heterocycles. The Morgan fingerprint density at radius 2 is 1.90 bits per heavy atom. The fourth-order valence-corrected chi connectivity index (χ4v) is 4.68. The third-order valence-electron chi connectivity index (χ3n) is 6.59. The summed E-state index contributed by atoms with van der Waals surface area (Å²) in [6.45, 7) is -0.186. The Labute approximate surface area is 182 Å². The van der Waals surface area contributed by atoms with Crippen LogP contribution in [0, 0.1) is 17.2 Å². The third-order valence-corrected chi connectivity index (χ3v) is 6.59. The summed E-state index contributed by atoms with van der Waals surface area (Å²) in [6, 6.07) is 16.5. The van der Waals surface area contributed by atoms with Gasteiger partial charge in [0.05, 0.1) is 18.7 Å². The van der Waals surface area contributed by atoms with Gasteiger partial charge in [-0.2, -0.15) is 5.26 Å². The highest BCUT2D eigenvalue weighted by atomic mass is 16.3. The van der Waals surface area contributed by atoms with Crippen molar-refractivity contribution < 1.29 is 14.7 Å². The smallest absolute Gasteiger partial charge is 0.253 e. The third kappa shape index (κ3) is 3.60. The van der Waals surface area contributed by atoms with E-state index in [-0.39, 0.29) is 30.3 Å². The number of carbonyl (C=O) groups is 2. The summed E-state index contributed by atoms with van der Waals surface area (Å²) in [5, 5.41) is 20.0. The molecule has 0 unspecified atom stereocenters. The molecule has 6 nitrogen and oxygen atoms in total. The molecule has 0 bridgehead atoms. The Hall–Kier alpha value is -3.17. The Morgan fingerprint density at radius 3 is 2.52 bits per heavy atom. The first-order valence-corrected chi connectivity index (χ1v) is 10.7. The molecule has 3 atom stereocenters. The lowest BCUT2D eigenvalue weighted by atomic mass is 9.71. The molecule has 2 fully saturated rings. The van der Waals surface area contributed by atoms with Crippen LogP contribution in [0.4, 0.5) is 0 Å². The van der Waals surface area contributed by atoms with Crippen molar-refractivity contribution in [1.29, 1.82) is 5.26 Å². The molecule has 2 aliphatic rings. The van der Waals surface area contributed by atoms with Gasteiger partial charge in [-0.25, -0.2) is 0 Å². The lowest BCUT2D eigenvalue weighted by Gasteiger charge is -2.53. The molecule has 1 heterocycles. The molecular formula is C25H27N3O3. The van der Waals surface area contributed by atoms with E-state index >= 15 is 0 Å². The van der Waals surface area contributed by atoms with Gasteiger partial charge in [-0.1, -0.05) is 42.8 Å². The number of carbonyl (C=O) groups excluding carboxylic acids is 2. The van der Waals surface area contributed by atoms with Crippen LogP contribution in [0.1, 0.15) is 41.1 Å². The van der Waals surface area contributed by atoms with Crippen LogP contribution in [-0.2, 0) is 4.79 Å². The maximum Gasteiger partial charge on any atom is 0.253 e. The highest BCUT2D eigenvalue weighted by molar-refractivity contribution is 5.95. The normalized spacial score (nSPS) is 22.8. The predicted octanol–water partition coefficient (Wildman–Crippen LogP) is 3.03. The Morgan fingerprint density at radius 1 is 1.16 bits per heavy atom. The molecule has 2 aromatic carbocycles. The first-order valence-electron chi connectivity index (χ1n) is 10.7. The molecule has 2 aromatic rings. The average Bonchev–Trinajstić information content (AvgIpc) is 2.72. The summed E-state index contributed by atoms with van der Waals surface area (Å²) in [4.78, 5) is 28.4. The number of aliphatic hydroxyl groups excluding tert-OH is 1. The number of aliphatic hydroxyl groups is 1. The lowest BCUT2D eigenvalue weighted by Crippen LogP contribution is -2.66. The van der Waals surface area contributed by atoms with Crippen molar-refractivity contribution >= 4 is 11.8 Å². The molecule has 1 N–H and O–H groups in total. The van der Waals surface area contributed by atoms with E-state index in [4.69, 9.17) is 0 Å². The van der Waals surface area contributed by atoms with Crippen LogP contribution in [-0.4, -0.2) is 59.5 Å². The number of nitriles is 1. The maximum absolute atomic E-state index is 12.9. The highest BCUT2D eigenvalue weighted by Gasteiger charge is 2.53. The predicted molar refractivity (Wildman–Crippen MR) is 117 cm³/mol. The van der Waals surface area contributed by atoms with Gasteiger partial charge in [-0.05, 0) is 41.7 Å². The van der Waals surface area contributed by atoms with Gasteiger partial charge in [0.1, 0.15) is 6.04 Å². The number of hydrogen-bond donors (Lipinski definition) is 1. The SMILES string of the molecule is CN(C)C(=O)c1cccc(-c2ccccc2[C@H]2[C@@H](C#N)N(C(=O)C3CCC3)[C@@H]2CO)c1. The summed E-state index contributed by atoms with van der Waals surface area (Å²) >= 11 is 0. The van der Waals surface area contributed by atoms with Crippen molar-refractivity contribution in [3.8, 4) is 17.2 Å². The molecule has 4 rings (SSSR count). The standard InChI is InChI=1S/C25H27N3O3/c1-27(2)24(30)18-10-6-9-17(13-18)19-11-3-4-12-20(19)23-21(14-26)28(22(23)15-29)25(31)16-7-5-8-16/h3-4,6,9-13,16,21-23,29H,5,7-8,15H2,1-2H3/t21-,22-,23+/m1/s1. The van der Waals surface area contributed by atoms with E-state index in [0.29, 0.717) is 5.56 Å². The van der Waals surface area contributed by atoms with Crippen LogP contribution in [0.25, 0.3) is 11.1 Å². The van der Waals surface area contributed by atoms with Crippen LogP contribution in [0.5, 0.6) is 0 Å². The highest BCUT2D eigenvalue weighted by Crippen LogP contribution is 2.46. The van der Waals surface area contributed by atoms with Crippen LogP contribution in [0.3, 0.4) is 0 Å². The van der Waals surface area contributed by atoms with Gasteiger partial charge in [0.2, 0.25) is 5.91 Å². The zero-order valence-electron chi connectivity index (χ0n) is 17.9. The van der Waals surface area contributed by atoms with Crippen LogP contribution >= 0.6 is 0 Å². The molecule has 0 spiro atoms. The van der Waals surface area contributed by atoms with Gasteiger partial charge in [-0.3, -0.25) is 9.59 Å². The van der Waals surface area contributed by atoms with E-state index < -0.39 is 12.1 Å². The molecule has 160 valence electrons. The summed E-state index contributed by atoms with van der Waals surface area (Å²) in [7, 11) is 3.43. The van der Waals surface area contributed by atoms with Crippen LogP contribution < -0.4 is 0 Å². The fourth-order valence-electron chi connectivity index (χ4n) is 4.68. The molecule has 6 heteroatoms. The largest absolute Gasteiger partial charge is 0.394 e. The van der Waals surface area contributed by atoms with E-state index in [1.165, 1.54) is 4.90 Å². The lowest BCUT2D eigenvalue weighted by molar-refractivity contribution is -0.154. The minimum absolute atomic E-state index is 0.0100. The van der Waals surface area contributed by atoms with Gasteiger partial charge in [0, 0.05) is 31.5 Å². The molecule has 1 saturated heterocycles. The van der Waals surface area contributed by atoms with E-state index in [1.54, 1.807) is 25.1 Å². The molecule has 2 amide bonds. The number of nitrogens with zero attached hydrogens (tertiary/aromatic N) is 3. The van der Waals surface area contributed by atoms with Crippen molar-refractivity contribution in [3.63, 3.8) is 0 Å². The van der Waals surface area contributed by atoms with E-state index in [0.717, 1.165) is 36.0 Å². The van der Waals surface area contributed by atoms with Crippen molar-refractivity contribution in [3.05, 3.63) is 59.7 Å². The average molecular weight is 418 g/mol. The second-order valence-electron chi connectivity index (χ2n) is 8.59. The monoisotopic (exact) mass is 417 g/mol. The minimum Gasteiger partial charge on any atom is -0.394 e. The number of hydrogen-bond acceptors (Lipinski definition) is 4. The number of amides is 2. The summed E-state index contributed by atoms with van der Waals surface area (Å²) < 4.78 is 0. The zero-order valence-corrected chi connectivity index (χ0v) is 17.9. The van der Waals surface area contributed by atoms with Crippen molar-refractivity contribution in [1.82, 2.24) is 9.80 Å². The first kappa shape index (κ1) is 21.1. The number of rotatable bonds is 5. The molecule has 0 aromatic heterocycles. The van der Waals surface area contributed by atoms with Crippen molar-refractivity contribution in [2.45, 2.75) is 37.3 Å². The molecular weight excluding hydrogens is 390 g/mol. The van der Waals surface area contributed by atoms with Gasteiger partial charge < -0.3 is 14.9 Å². The molecule has 31 heavy (non-hydrogen) atoms. The Kier molecular flexibility index (Phi) is 5.79. The molecule has 1 saturated carbocycles. The topological polar surface area (TPSA) is 84.6 Å². The van der Waals surface area contributed by atoms with Crippen molar-refractivity contribution in [2.24, 2.45) is 5.92 Å². The quantitative estimate of drug-likeness (QED) is 0.810. The van der Waals surface area contributed by atoms with E-state index in [9.17, 15) is 20.0 Å². The second kappa shape index (κ2) is 8.52. The van der Waals surface area contributed by atoms with Gasteiger partial charge in [-0.15, -0.1) is 0 Å². The van der Waals surface area contributed by atoms with E-state index in [1.807, 2.05) is 42.5 Å². The van der Waals surface area contributed by atoms with Gasteiger partial charge >= 0.3 is 0 Å².